The van der Waals surface area contributed by atoms with Gasteiger partial charge in [0, 0.05) is 24.7 Å². The van der Waals surface area contributed by atoms with Crippen LogP contribution in [0.5, 0.6) is 5.75 Å². The first-order chi connectivity index (χ1) is 9.67. The van der Waals surface area contributed by atoms with Crippen LogP contribution in [0.2, 0.25) is 0 Å². The van der Waals surface area contributed by atoms with Gasteiger partial charge >= 0.3 is 0 Å². The molecule has 1 aliphatic rings. The molecule has 1 N–H and O–H groups in total. The molecular weight excluding hydrogens is 320 g/mol. The number of benzene rings is 1. The van der Waals surface area contributed by atoms with Crippen molar-refractivity contribution in [3.8, 4) is 5.75 Å². The lowest BCUT2D eigenvalue weighted by atomic mass is 10.1. The van der Waals surface area contributed by atoms with E-state index >= 15 is 0 Å². The fourth-order valence-corrected chi connectivity index (χ4v) is 3.10. The van der Waals surface area contributed by atoms with E-state index in [0.717, 1.165) is 42.7 Å². The van der Waals surface area contributed by atoms with Crippen LogP contribution in [-0.4, -0.2) is 43.6 Å². The number of amides is 1. The molecule has 4 nitrogen and oxygen atoms in total. The Morgan fingerprint density at radius 3 is 2.90 bits per heavy atom. The maximum Gasteiger partial charge on any atom is 0.254 e. The summed E-state index contributed by atoms with van der Waals surface area (Å²) in [6, 6.07) is 5.81. The van der Waals surface area contributed by atoms with Gasteiger partial charge in [-0.3, -0.25) is 4.79 Å². The molecule has 110 valence electrons. The molecule has 1 aliphatic heterocycles. The average Bonchev–Trinajstić information content (AvgIpc) is 2.97. The Bertz CT molecular complexity index is 473. The predicted molar refractivity (Wildman–Crippen MR) is 83.3 cm³/mol. The highest BCUT2D eigenvalue weighted by atomic mass is 79.9. The number of carbonyl (C=O) groups is 1. The van der Waals surface area contributed by atoms with Gasteiger partial charge in [0.15, 0.2) is 0 Å². The second kappa shape index (κ2) is 7.09. The van der Waals surface area contributed by atoms with Crippen molar-refractivity contribution in [1.29, 1.82) is 0 Å². The Morgan fingerprint density at radius 1 is 1.55 bits per heavy atom. The second-order valence-corrected chi connectivity index (χ2v) is 5.85. The summed E-state index contributed by atoms with van der Waals surface area (Å²) < 4.78 is 6.02. The standard InChI is InChI=1S/C15H21BrN2O2/c1-3-8-18(12-6-7-17-10-12)15(19)11-4-5-14(20-2)13(16)9-11/h4-5,9,12,17H,3,6-8,10H2,1-2H3. The number of rotatable bonds is 5. The predicted octanol–water partition coefficient (Wildman–Crippen LogP) is 2.67. The highest BCUT2D eigenvalue weighted by Crippen LogP contribution is 2.26. The van der Waals surface area contributed by atoms with Crippen LogP contribution in [0.4, 0.5) is 0 Å². The van der Waals surface area contributed by atoms with Gasteiger partial charge in [0.05, 0.1) is 11.6 Å². The van der Waals surface area contributed by atoms with Crippen molar-refractivity contribution in [2.24, 2.45) is 0 Å². The Kier molecular flexibility index (Phi) is 5.43. The van der Waals surface area contributed by atoms with Crippen molar-refractivity contribution >= 4 is 21.8 Å². The molecule has 1 aromatic carbocycles. The fourth-order valence-electron chi connectivity index (χ4n) is 2.56. The van der Waals surface area contributed by atoms with Crippen LogP contribution in [0.25, 0.3) is 0 Å². The van der Waals surface area contributed by atoms with Gasteiger partial charge in [-0.05, 0) is 53.5 Å². The van der Waals surface area contributed by atoms with Gasteiger partial charge in [-0.2, -0.15) is 0 Å². The van der Waals surface area contributed by atoms with Crippen molar-refractivity contribution in [3.05, 3.63) is 28.2 Å². The summed E-state index contributed by atoms with van der Waals surface area (Å²) in [5.74, 6) is 0.843. The van der Waals surface area contributed by atoms with Gasteiger partial charge in [-0.1, -0.05) is 6.92 Å². The molecule has 0 aliphatic carbocycles. The monoisotopic (exact) mass is 340 g/mol. The van der Waals surface area contributed by atoms with E-state index in [9.17, 15) is 4.79 Å². The summed E-state index contributed by atoms with van der Waals surface area (Å²) in [7, 11) is 1.62. The summed E-state index contributed by atoms with van der Waals surface area (Å²) in [5.41, 5.74) is 0.707. The molecule has 0 spiro atoms. The molecule has 2 rings (SSSR count). The molecule has 1 aromatic rings. The van der Waals surface area contributed by atoms with E-state index < -0.39 is 0 Å². The van der Waals surface area contributed by atoms with E-state index in [1.807, 2.05) is 23.1 Å². The Hall–Kier alpha value is -1.07. The largest absolute Gasteiger partial charge is 0.496 e. The molecule has 0 bridgehead atoms. The molecule has 0 radical (unpaired) electrons. The molecule has 1 unspecified atom stereocenters. The number of methoxy groups -OCH3 is 1. The van der Waals surface area contributed by atoms with E-state index in [0.29, 0.717) is 11.6 Å². The van der Waals surface area contributed by atoms with E-state index in [2.05, 4.69) is 28.2 Å². The van der Waals surface area contributed by atoms with Crippen molar-refractivity contribution in [1.82, 2.24) is 10.2 Å². The minimum absolute atomic E-state index is 0.101. The number of carbonyl (C=O) groups excluding carboxylic acids is 1. The van der Waals surface area contributed by atoms with Crippen molar-refractivity contribution in [2.45, 2.75) is 25.8 Å². The van der Waals surface area contributed by atoms with Gasteiger partial charge in [0.25, 0.3) is 5.91 Å². The molecule has 20 heavy (non-hydrogen) atoms. The van der Waals surface area contributed by atoms with Gasteiger partial charge in [0.2, 0.25) is 0 Å². The zero-order chi connectivity index (χ0) is 14.5. The number of nitrogens with one attached hydrogen (secondary N) is 1. The smallest absolute Gasteiger partial charge is 0.254 e. The Morgan fingerprint density at radius 2 is 2.35 bits per heavy atom. The number of halogens is 1. The number of ether oxygens (including phenoxy) is 1. The third-order valence-electron chi connectivity index (χ3n) is 3.60. The third kappa shape index (κ3) is 3.33. The lowest BCUT2D eigenvalue weighted by Crippen LogP contribution is -2.42. The summed E-state index contributed by atoms with van der Waals surface area (Å²) in [6.45, 7) is 4.79. The first-order valence-corrected chi connectivity index (χ1v) is 7.82. The minimum Gasteiger partial charge on any atom is -0.496 e. The number of hydrogen-bond acceptors (Lipinski definition) is 3. The normalized spacial score (nSPS) is 18.1. The fraction of sp³-hybridized carbons (Fsp3) is 0.533. The second-order valence-electron chi connectivity index (χ2n) is 4.99. The van der Waals surface area contributed by atoms with Crippen LogP contribution in [0, 0.1) is 0 Å². The van der Waals surface area contributed by atoms with Crippen molar-refractivity contribution in [3.63, 3.8) is 0 Å². The van der Waals surface area contributed by atoms with Crippen LogP contribution in [0.3, 0.4) is 0 Å². The summed E-state index contributed by atoms with van der Waals surface area (Å²) in [6.07, 6.45) is 2.00. The summed E-state index contributed by atoms with van der Waals surface area (Å²) >= 11 is 3.44. The van der Waals surface area contributed by atoms with Crippen LogP contribution >= 0.6 is 15.9 Å². The van der Waals surface area contributed by atoms with E-state index in [4.69, 9.17) is 4.74 Å². The maximum absolute atomic E-state index is 12.7. The van der Waals surface area contributed by atoms with Crippen molar-refractivity contribution in [2.75, 3.05) is 26.7 Å². The van der Waals surface area contributed by atoms with Crippen LogP contribution in [-0.2, 0) is 0 Å². The molecule has 1 amide bonds. The molecule has 1 saturated heterocycles. The zero-order valence-corrected chi connectivity index (χ0v) is 13.6. The molecule has 1 heterocycles. The first-order valence-electron chi connectivity index (χ1n) is 7.02. The van der Waals surface area contributed by atoms with E-state index in [1.165, 1.54) is 0 Å². The molecule has 1 atom stereocenters. The van der Waals surface area contributed by atoms with Gasteiger partial charge < -0.3 is 15.0 Å². The summed E-state index contributed by atoms with van der Waals surface area (Å²) in [5, 5.41) is 3.32. The highest BCUT2D eigenvalue weighted by molar-refractivity contribution is 9.10. The Balaban J connectivity index is 2.20. The minimum atomic E-state index is 0.101. The molecule has 0 saturated carbocycles. The molecule has 1 fully saturated rings. The van der Waals surface area contributed by atoms with E-state index in [1.54, 1.807) is 7.11 Å². The highest BCUT2D eigenvalue weighted by Gasteiger charge is 2.26. The van der Waals surface area contributed by atoms with Crippen molar-refractivity contribution < 1.29 is 9.53 Å². The average molecular weight is 341 g/mol. The third-order valence-corrected chi connectivity index (χ3v) is 4.22. The van der Waals surface area contributed by atoms with Gasteiger partial charge in [0.1, 0.15) is 5.75 Å². The molecule has 5 heteroatoms. The van der Waals surface area contributed by atoms with E-state index in [-0.39, 0.29) is 5.91 Å². The maximum atomic E-state index is 12.7. The Labute approximate surface area is 128 Å². The van der Waals surface area contributed by atoms with Crippen LogP contribution in [0.1, 0.15) is 30.1 Å². The molecule has 0 aromatic heterocycles. The SMILES string of the molecule is CCCN(C(=O)c1ccc(OC)c(Br)c1)C1CCNC1. The lowest BCUT2D eigenvalue weighted by Gasteiger charge is -2.28. The van der Waals surface area contributed by atoms with Gasteiger partial charge in [-0.15, -0.1) is 0 Å². The molecular formula is C15H21BrN2O2. The first kappa shape index (κ1) is 15.3. The topological polar surface area (TPSA) is 41.6 Å². The number of nitrogens with zero attached hydrogens (tertiary/aromatic N) is 1. The van der Waals surface area contributed by atoms with Crippen LogP contribution < -0.4 is 10.1 Å². The van der Waals surface area contributed by atoms with Crippen LogP contribution in [0.15, 0.2) is 22.7 Å². The van der Waals surface area contributed by atoms with Gasteiger partial charge in [-0.25, -0.2) is 0 Å². The zero-order valence-electron chi connectivity index (χ0n) is 12.0. The summed E-state index contributed by atoms with van der Waals surface area (Å²) in [4.78, 5) is 14.7. The lowest BCUT2D eigenvalue weighted by molar-refractivity contribution is 0.0692. The quantitative estimate of drug-likeness (QED) is 0.895. The number of hydrogen-bond donors (Lipinski definition) is 1.